The van der Waals surface area contributed by atoms with Gasteiger partial charge in [-0.15, -0.1) is 10.2 Å². The Morgan fingerprint density at radius 3 is 2.03 bits per heavy atom. The van der Waals surface area contributed by atoms with E-state index in [1.165, 1.54) is 0 Å². The molecule has 0 amide bonds. The van der Waals surface area contributed by atoms with E-state index in [1.807, 2.05) is 62.4 Å². The highest BCUT2D eigenvalue weighted by Crippen LogP contribution is 2.37. The van der Waals surface area contributed by atoms with Gasteiger partial charge in [0.2, 0.25) is 0 Å². The summed E-state index contributed by atoms with van der Waals surface area (Å²) in [6, 6.07) is 22.4. The molecule has 0 unspecified atom stereocenters. The summed E-state index contributed by atoms with van der Waals surface area (Å²) >= 11 is 0. The van der Waals surface area contributed by atoms with E-state index in [2.05, 4.69) is 30.4 Å². The number of hydrogen-bond acceptors (Lipinski definition) is 5. The average molecular weight is 427 g/mol. The number of aryl methyl sites for hydroxylation is 2. The van der Waals surface area contributed by atoms with Gasteiger partial charge in [-0.2, -0.15) is 0 Å². The van der Waals surface area contributed by atoms with E-state index in [9.17, 15) is 0 Å². The third-order valence-corrected chi connectivity index (χ3v) is 4.15. The number of para-hydroxylation sites is 1. The second-order valence-corrected chi connectivity index (χ2v) is 7.32. The second kappa shape index (κ2) is 9.21. The first kappa shape index (κ1) is 21.7. The lowest BCUT2D eigenvalue weighted by molar-refractivity contribution is -2.00. The van der Waals surface area contributed by atoms with Crippen molar-refractivity contribution < 1.29 is 38.0 Å². The SMILES string of the molecule is Cc1cc(/C=C2/C=C(c3ccccc3)Oc3ccccc32)cc(C)[o+]1.[O-][Cl+3]([O-])([O-])[O-]. The number of ether oxygens (including phenoxy) is 1. The zero-order chi connectivity index (χ0) is 21.7. The Balaban J connectivity index is 0.000000461. The molecule has 0 fully saturated rings. The standard InChI is InChI=1S/C23H19O2.ClHO4/c1-16-12-18(13-17(2)24-16)14-20-15-23(19-8-4-3-5-9-19)25-22-11-7-6-10-21(20)22;2-1(3,4)5/h3-15H,1-2H3;(H,2,3,4,5)/q+1;/p-1. The Kier molecular flexibility index (Phi) is 6.66. The predicted octanol–water partition coefficient (Wildman–Crippen LogP) is 1.40. The largest absolute Gasteiger partial charge is 0.456 e. The van der Waals surface area contributed by atoms with Crippen LogP contribution in [-0.4, -0.2) is 0 Å². The van der Waals surface area contributed by atoms with Gasteiger partial charge >= 0.3 is 11.5 Å². The molecule has 0 bridgehead atoms. The predicted molar refractivity (Wildman–Crippen MR) is 102 cm³/mol. The lowest BCUT2D eigenvalue weighted by atomic mass is 9.97. The van der Waals surface area contributed by atoms with Gasteiger partial charge in [0, 0.05) is 23.3 Å². The molecule has 1 aromatic heterocycles. The van der Waals surface area contributed by atoms with E-state index in [0.29, 0.717) is 0 Å². The Morgan fingerprint density at radius 1 is 0.833 bits per heavy atom. The minimum atomic E-state index is -4.94. The molecule has 6 nitrogen and oxygen atoms in total. The molecule has 2 heterocycles. The van der Waals surface area contributed by atoms with Crippen molar-refractivity contribution in [1.82, 2.24) is 0 Å². The Labute approximate surface area is 176 Å². The molecule has 0 saturated heterocycles. The maximum atomic E-state index is 8.49. The molecule has 30 heavy (non-hydrogen) atoms. The fraction of sp³-hybridized carbons (Fsp3) is 0.0870. The highest BCUT2D eigenvalue weighted by Gasteiger charge is 2.18. The molecule has 4 rings (SSSR count). The van der Waals surface area contributed by atoms with Crippen LogP contribution in [0.4, 0.5) is 0 Å². The van der Waals surface area contributed by atoms with Crippen molar-refractivity contribution in [2.45, 2.75) is 13.8 Å². The van der Waals surface area contributed by atoms with E-state index < -0.39 is 10.2 Å². The van der Waals surface area contributed by atoms with Gasteiger partial charge in [0.1, 0.15) is 11.5 Å². The smallest absolute Gasteiger partial charge is 0.327 e. The number of benzene rings is 2. The number of halogens is 1. The van der Waals surface area contributed by atoms with E-state index in [0.717, 1.165) is 45.3 Å². The lowest BCUT2D eigenvalue weighted by Crippen LogP contribution is -2.68. The number of fused-ring (bicyclic) bond motifs is 1. The van der Waals surface area contributed by atoms with Crippen molar-refractivity contribution in [2.75, 3.05) is 0 Å². The molecular formula is C23H19ClO6. The monoisotopic (exact) mass is 426 g/mol. The minimum absolute atomic E-state index is 0.861. The lowest BCUT2D eigenvalue weighted by Gasteiger charge is -2.20. The molecule has 0 N–H and O–H groups in total. The first-order chi connectivity index (χ1) is 14.2. The normalized spacial score (nSPS) is 14.2. The van der Waals surface area contributed by atoms with Crippen LogP contribution < -0.4 is 23.4 Å². The molecule has 0 aliphatic carbocycles. The van der Waals surface area contributed by atoms with E-state index in [-0.39, 0.29) is 0 Å². The molecule has 1 aliphatic rings. The maximum Gasteiger partial charge on any atom is 0.327 e. The average Bonchev–Trinajstić information content (AvgIpc) is 2.66. The van der Waals surface area contributed by atoms with Gasteiger partial charge in [0.15, 0.2) is 0 Å². The zero-order valence-corrected chi connectivity index (χ0v) is 17.1. The summed E-state index contributed by atoms with van der Waals surface area (Å²) in [5, 5.41) is 0. The van der Waals surface area contributed by atoms with Gasteiger partial charge in [0.05, 0.1) is 13.8 Å². The van der Waals surface area contributed by atoms with Gasteiger partial charge < -0.3 is 4.74 Å². The quantitative estimate of drug-likeness (QED) is 0.572. The number of hydrogen-bond donors (Lipinski definition) is 0. The van der Waals surface area contributed by atoms with E-state index >= 15 is 0 Å². The molecule has 2 aromatic carbocycles. The molecule has 154 valence electrons. The first-order valence-corrected chi connectivity index (χ1v) is 10.2. The van der Waals surface area contributed by atoms with Gasteiger partial charge in [-0.1, -0.05) is 48.5 Å². The fourth-order valence-corrected chi connectivity index (χ4v) is 3.11. The minimum Gasteiger partial charge on any atom is -0.456 e. The van der Waals surface area contributed by atoms with Crippen LogP contribution in [-0.2, 0) is 0 Å². The van der Waals surface area contributed by atoms with E-state index in [1.54, 1.807) is 0 Å². The van der Waals surface area contributed by atoms with Crippen LogP contribution in [0.3, 0.4) is 0 Å². The van der Waals surface area contributed by atoms with Crippen molar-refractivity contribution in [3.63, 3.8) is 0 Å². The third kappa shape index (κ3) is 6.25. The Bertz CT molecular complexity index is 1060. The van der Waals surface area contributed by atoms with Crippen molar-refractivity contribution in [2.24, 2.45) is 0 Å². The van der Waals surface area contributed by atoms with Gasteiger partial charge in [-0.25, -0.2) is 23.1 Å². The third-order valence-electron chi connectivity index (χ3n) is 4.15. The van der Waals surface area contributed by atoms with Crippen molar-refractivity contribution in [1.29, 1.82) is 0 Å². The van der Waals surface area contributed by atoms with Crippen LogP contribution in [0.2, 0.25) is 0 Å². The van der Waals surface area contributed by atoms with Crippen LogP contribution in [0, 0.1) is 24.1 Å². The molecule has 0 atom stereocenters. The topological polar surface area (TPSA) is 113 Å². The fourth-order valence-electron chi connectivity index (χ4n) is 3.11. The van der Waals surface area contributed by atoms with Crippen molar-refractivity contribution in [3.05, 3.63) is 101 Å². The van der Waals surface area contributed by atoms with Crippen molar-refractivity contribution >= 4 is 17.4 Å². The summed E-state index contributed by atoms with van der Waals surface area (Å²) in [4.78, 5) is 0. The summed E-state index contributed by atoms with van der Waals surface area (Å²) in [5.41, 5.74) is 4.42. The molecule has 0 saturated carbocycles. The summed E-state index contributed by atoms with van der Waals surface area (Å²) in [5.74, 6) is 3.54. The van der Waals surface area contributed by atoms with Crippen LogP contribution >= 0.6 is 0 Å². The zero-order valence-electron chi connectivity index (χ0n) is 16.3. The highest BCUT2D eigenvalue weighted by atomic mass is 35.7. The summed E-state index contributed by atoms with van der Waals surface area (Å²) in [7, 11) is -4.94. The van der Waals surface area contributed by atoms with Crippen LogP contribution in [0.5, 0.6) is 5.75 Å². The van der Waals surface area contributed by atoms with Crippen LogP contribution in [0.15, 0.2) is 77.2 Å². The number of allylic oxidation sites excluding steroid dienone is 2. The molecule has 0 spiro atoms. The second-order valence-electron chi connectivity index (χ2n) is 6.56. The van der Waals surface area contributed by atoms with Gasteiger partial charge in [0.25, 0.3) is 0 Å². The molecule has 1 aliphatic heterocycles. The summed E-state index contributed by atoms with van der Waals surface area (Å²) in [6.45, 7) is 3.94. The van der Waals surface area contributed by atoms with Crippen LogP contribution in [0.1, 0.15) is 28.2 Å². The van der Waals surface area contributed by atoms with E-state index in [4.69, 9.17) is 27.8 Å². The van der Waals surface area contributed by atoms with Gasteiger partial charge in [-0.05, 0) is 29.4 Å². The molecule has 0 radical (unpaired) electrons. The number of rotatable bonds is 2. The molecular weight excluding hydrogens is 408 g/mol. The van der Waals surface area contributed by atoms with Crippen LogP contribution in [0.25, 0.3) is 17.4 Å². The van der Waals surface area contributed by atoms with Gasteiger partial charge in [-0.3, -0.25) is 0 Å². The molecule has 3 aromatic rings. The summed E-state index contributed by atoms with van der Waals surface area (Å²) in [6.07, 6.45) is 4.28. The maximum absolute atomic E-state index is 8.49. The van der Waals surface area contributed by atoms with Crippen molar-refractivity contribution in [3.8, 4) is 5.75 Å². The first-order valence-electron chi connectivity index (χ1n) is 8.98. The summed E-state index contributed by atoms with van der Waals surface area (Å²) < 4.78 is 45.7. The Hall–Kier alpha value is -3.00. The Morgan fingerprint density at radius 2 is 1.40 bits per heavy atom. The molecule has 7 heteroatoms. The highest BCUT2D eigenvalue weighted by molar-refractivity contribution is 5.95.